The van der Waals surface area contributed by atoms with Crippen molar-refractivity contribution < 1.29 is 28.5 Å². The second-order valence-corrected chi connectivity index (χ2v) is 4.97. The minimum atomic E-state index is -2.18. The zero-order valence-electron chi connectivity index (χ0n) is 12.1. The Balaban J connectivity index is 2.27. The van der Waals surface area contributed by atoms with Crippen molar-refractivity contribution in [3.63, 3.8) is 0 Å². The van der Waals surface area contributed by atoms with Gasteiger partial charge in [0.2, 0.25) is 6.17 Å². The molecule has 0 aromatic heterocycles. The molecular formula is C15H19FO5. The zero-order valence-corrected chi connectivity index (χ0v) is 12.1. The number of carbonyl (C=O) groups excluding carboxylic acids is 1. The summed E-state index contributed by atoms with van der Waals surface area (Å²) in [6, 6.07) is 4.61. The van der Waals surface area contributed by atoms with Crippen LogP contribution in [0.25, 0.3) is 0 Å². The van der Waals surface area contributed by atoms with Crippen molar-refractivity contribution in [3.8, 4) is 11.5 Å². The van der Waals surface area contributed by atoms with Crippen LogP contribution in [0, 0.1) is 0 Å². The quantitative estimate of drug-likeness (QED) is 0.861. The molecule has 0 fully saturated rings. The molecule has 0 bridgehead atoms. The van der Waals surface area contributed by atoms with Crippen molar-refractivity contribution in [1.29, 1.82) is 0 Å². The maximum Gasteiger partial charge on any atom is 0.344 e. The maximum absolute atomic E-state index is 14.2. The molecule has 1 aliphatic rings. The fourth-order valence-corrected chi connectivity index (χ4v) is 2.07. The normalized spacial score (nSPS) is 18.3. The van der Waals surface area contributed by atoms with Gasteiger partial charge in [0.05, 0.1) is 19.8 Å². The molecule has 0 saturated carbocycles. The van der Waals surface area contributed by atoms with Gasteiger partial charge in [-0.1, -0.05) is 6.07 Å². The van der Waals surface area contributed by atoms with Crippen LogP contribution in [0.15, 0.2) is 18.2 Å². The minimum Gasteiger partial charge on any atom is -0.490 e. The van der Waals surface area contributed by atoms with Crippen LogP contribution in [0.1, 0.15) is 25.8 Å². The van der Waals surface area contributed by atoms with Crippen LogP contribution < -0.4 is 9.47 Å². The molecule has 0 saturated heterocycles. The van der Waals surface area contributed by atoms with Gasteiger partial charge in [-0.25, -0.2) is 9.18 Å². The number of aliphatic hydroxyl groups is 1. The number of benzene rings is 1. The highest BCUT2D eigenvalue weighted by Gasteiger charge is 2.41. The lowest BCUT2D eigenvalue weighted by Gasteiger charge is -2.27. The summed E-state index contributed by atoms with van der Waals surface area (Å²) in [5.41, 5.74) is -1.77. The molecule has 1 aliphatic heterocycles. The van der Waals surface area contributed by atoms with Gasteiger partial charge in [0.25, 0.3) is 0 Å². The number of halogens is 1. The third kappa shape index (κ3) is 3.26. The highest BCUT2D eigenvalue weighted by atomic mass is 19.1. The molecule has 1 heterocycles. The van der Waals surface area contributed by atoms with Crippen molar-refractivity contribution in [1.82, 2.24) is 0 Å². The smallest absolute Gasteiger partial charge is 0.344 e. The summed E-state index contributed by atoms with van der Waals surface area (Å²) in [7, 11) is 0. The van der Waals surface area contributed by atoms with E-state index in [0.717, 1.165) is 6.42 Å². The van der Waals surface area contributed by atoms with Crippen LogP contribution in [0.2, 0.25) is 0 Å². The van der Waals surface area contributed by atoms with Crippen molar-refractivity contribution >= 4 is 5.97 Å². The number of ether oxygens (including phenoxy) is 3. The van der Waals surface area contributed by atoms with Crippen LogP contribution in [-0.4, -0.2) is 37.1 Å². The number of hydrogen-bond donors (Lipinski definition) is 1. The molecule has 1 aromatic rings. The summed E-state index contributed by atoms with van der Waals surface area (Å²) in [6.07, 6.45) is -1.43. The van der Waals surface area contributed by atoms with Gasteiger partial charge in [-0.2, -0.15) is 0 Å². The Morgan fingerprint density at radius 2 is 2.10 bits per heavy atom. The Bertz CT molecular complexity index is 515. The van der Waals surface area contributed by atoms with Crippen molar-refractivity contribution in [2.24, 2.45) is 0 Å². The average Bonchev–Trinajstić information content (AvgIpc) is 2.71. The molecule has 0 amide bonds. The van der Waals surface area contributed by atoms with E-state index < -0.39 is 17.7 Å². The number of hydrogen-bond acceptors (Lipinski definition) is 5. The van der Waals surface area contributed by atoms with Crippen LogP contribution in [0.5, 0.6) is 11.5 Å². The molecular weight excluding hydrogens is 279 g/mol. The van der Waals surface area contributed by atoms with E-state index in [9.17, 15) is 14.3 Å². The predicted octanol–water partition coefficient (Wildman–Crippen LogP) is 1.96. The van der Waals surface area contributed by atoms with Gasteiger partial charge < -0.3 is 19.3 Å². The first-order valence-electron chi connectivity index (χ1n) is 6.90. The lowest BCUT2D eigenvalue weighted by Crippen LogP contribution is -2.40. The Kier molecular flexibility index (Phi) is 4.67. The molecule has 6 heteroatoms. The molecule has 0 radical (unpaired) electrons. The Morgan fingerprint density at radius 3 is 2.76 bits per heavy atom. The topological polar surface area (TPSA) is 65.0 Å². The number of rotatable bonds is 4. The summed E-state index contributed by atoms with van der Waals surface area (Å²) in [4.78, 5) is 11.5. The maximum atomic E-state index is 14.2. The molecule has 2 rings (SSSR count). The molecule has 2 atom stereocenters. The van der Waals surface area contributed by atoms with E-state index in [1.54, 1.807) is 13.0 Å². The van der Waals surface area contributed by atoms with Gasteiger partial charge in [0.1, 0.15) is 5.60 Å². The molecule has 5 nitrogen and oxygen atoms in total. The van der Waals surface area contributed by atoms with Gasteiger partial charge in [0, 0.05) is 6.42 Å². The van der Waals surface area contributed by atoms with Crippen molar-refractivity contribution in [2.45, 2.75) is 32.0 Å². The SMILES string of the molecule is CCOC(=O)C(F)C(C)(O)c1ccc2c(c1)OCCCO2. The standard InChI is InChI=1S/C15H19FO5/c1-3-19-14(17)13(16)15(2,18)10-5-6-11-12(9-10)21-8-4-7-20-11/h5-6,9,13,18H,3-4,7-8H2,1-2H3. The summed E-state index contributed by atoms with van der Waals surface area (Å²) in [5.74, 6) is -0.116. The number of esters is 1. The van der Waals surface area contributed by atoms with E-state index in [1.165, 1.54) is 19.1 Å². The first-order chi connectivity index (χ1) is 9.96. The van der Waals surface area contributed by atoms with Gasteiger partial charge in [-0.15, -0.1) is 0 Å². The van der Waals surface area contributed by atoms with Gasteiger partial charge in [0.15, 0.2) is 11.5 Å². The number of fused-ring (bicyclic) bond motifs is 1. The highest BCUT2D eigenvalue weighted by molar-refractivity contribution is 5.76. The molecule has 0 aliphatic carbocycles. The van der Waals surface area contributed by atoms with E-state index in [-0.39, 0.29) is 12.2 Å². The first-order valence-corrected chi connectivity index (χ1v) is 6.90. The number of carbonyl (C=O) groups is 1. The lowest BCUT2D eigenvalue weighted by molar-refractivity contribution is -0.160. The monoisotopic (exact) mass is 298 g/mol. The van der Waals surface area contributed by atoms with E-state index in [2.05, 4.69) is 4.74 Å². The molecule has 0 spiro atoms. The van der Waals surface area contributed by atoms with E-state index >= 15 is 0 Å². The van der Waals surface area contributed by atoms with E-state index in [4.69, 9.17) is 9.47 Å². The summed E-state index contributed by atoms with van der Waals surface area (Å²) < 4.78 is 29.7. The second kappa shape index (κ2) is 6.30. The largest absolute Gasteiger partial charge is 0.490 e. The fraction of sp³-hybridized carbons (Fsp3) is 0.533. The van der Waals surface area contributed by atoms with Crippen molar-refractivity contribution in [3.05, 3.63) is 23.8 Å². The highest BCUT2D eigenvalue weighted by Crippen LogP contribution is 2.36. The van der Waals surface area contributed by atoms with Gasteiger partial charge in [-0.05, 0) is 31.5 Å². The molecule has 2 unspecified atom stereocenters. The summed E-state index contributed by atoms with van der Waals surface area (Å²) in [5, 5.41) is 10.4. The molecule has 21 heavy (non-hydrogen) atoms. The van der Waals surface area contributed by atoms with E-state index in [1.807, 2.05) is 0 Å². The molecule has 1 N–H and O–H groups in total. The number of alkyl halides is 1. The van der Waals surface area contributed by atoms with Crippen molar-refractivity contribution in [2.75, 3.05) is 19.8 Å². The molecule has 116 valence electrons. The average molecular weight is 298 g/mol. The second-order valence-electron chi connectivity index (χ2n) is 4.97. The Morgan fingerprint density at radius 1 is 1.43 bits per heavy atom. The third-order valence-electron chi connectivity index (χ3n) is 3.32. The lowest BCUT2D eigenvalue weighted by atomic mass is 9.90. The molecule has 1 aromatic carbocycles. The van der Waals surface area contributed by atoms with Gasteiger partial charge in [-0.3, -0.25) is 0 Å². The summed E-state index contributed by atoms with van der Waals surface area (Å²) in [6.45, 7) is 3.88. The minimum absolute atomic E-state index is 0.0521. The third-order valence-corrected chi connectivity index (χ3v) is 3.32. The Hall–Kier alpha value is -1.82. The predicted molar refractivity (Wildman–Crippen MR) is 73.1 cm³/mol. The Labute approximate surface area is 122 Å². The van der Waals surface area contributed by atoms with Crippen LogP contribution in [0.3, 0.4) is 0 Å². The first kappa shape index (κ1) is 15.6. The zero-order chi connectivity index (χ0) is 15.5. The summed E-state index contributed by atoms with van der Waals surface area (Å²) >= 11 is 0. The van der Waals surface area contributed by atoms with Crippen LogP contribution in [-0.2, 0) is 15.1 Å². The van der Waals surface area contributed by atoms with Gasteiger partial charge >= 0.3 is 5.97 Å². The fourth-order valence-electron chi connectivity index (χ4n) is 2.07. The van der Waals surface area contributed by atoms with Crippen LogP contribution in [0.4, 0.5) is 4.39 Å². The van der Waals surface area contributed by atoms with E-state index in [0.29, 0.717) is 24.7 Å². The van der Waals surface area contributed by atoms with Crippen LogP contribution >= 0.6 is 0 Å².